The minimum atomic E-state index is -4.56. The van der Waals surface area contributed by atoms with Crippen molar-refractivity contribution in [1.29, 1.82) is 0 Å². The Hall–Kier alpha value is 1.51. The van der Waals surface area contributed by atoms with Gasteiger partial charge in [-0.15, -0.1) is 0 Å². The molecule has 0 radical (unpaired) electrons. The van der Waals surface area contributed by atoms with Gasteiger partial charge in [-0.25, -0.2) is 8.42 Å². The van der Waals surface area contributed by atoms with Crippen LogP contribution in [0.15, 0.2) is 0 Å². The number of hydrogen-bond donors (Lipinski definition) is 0. The zero-order valence-corrected chi connectivity index (χ0v) is 23.7. The van der Waals surface area contributed by atoms with Crippen LogP contribution in [0.3, 0.4) is 0 Å². The van der Waals surface area contributed by atoms with Crippen molar-refractivity contribution in [1.82, 2.24) is 0 Å². The van der Waals surface area contributed by atoms with Gasteiger partial charge in [0.25, 0.3) is 0 Å². The summed E-state index contributed by atoms with van der Waals surface area (Å²) in [5, 5.41) is 0. The Bertz CT molecular complexity index is 415. The van der Waals surface area contributed by atoms with Crippen LogP contribution < -0.4 is 51.4 Å². The van der Waals surface area contributed by atoms with Crippen LogP contribution in [0.1, 0.15) is 136 Å². The van der Waals surface area contributed by atoms with E-state index < -0.39 is 10.4 Å². The molecule has 0 N–H and O–H groups in total. The molecule has 0 aliphatic carbocycles. The number of unbranched alkanes of at least 4 members (excludes halogenated alkanes) is 15. The Morgan fingerprint density at radius 1 is 0.621 bits per heavy atom. The summed E-state index contributed by atoms with van der Waals surface area (Å²) in [5.74, 6) is 0.202. The molecular weight excluding hydrogens is 411 g/mol. The quantitative estimate of drug-likeness (QED) is 0.103. The molecule has 0 aromatic heterocycles. The van der Waals surface area contributed by atoms with E-state index in [1.54, 1.807) is 0 Å². The molecule has 1 atom stereocenters. The summed E-state index contributed by atoms with van der Waals surface area (Å²) in [6.07, 6.45) is 23.8. The average molecular weight is 459 g/mol. The fourth-order valence-electron chi connectivity index (χ4n) is 3.80. The standard InChI is InChI=1S/C23H48O4S.K/c1-3-5-7-9-10-11-12-13-14-15-17-19-21-23(22-27-28(24,25)26)20-18-16-8-6-4-2;/h23H,3-22H2,1-2H3,(H,24,25,26);/q;+1/p-1. The van der Waals surface area contributed by atoms with Gasteiger partial charge in [0.2, 0.25) is 10.4 Å². The van der Waals surface area contributed by atoms with Crippen LogP contribution >= 0.6 is 0 Å². The van der Waals surface area contributed by atoms with Gasteiger partial charge in [-0.2, -0.15) is 0 Å². The smallest absolute Gasteiger partial charge is 0.726 e. The topological polar surface area (TPSA) is 66.4 Å². The van der Waals surface area contributed by atoms with Crippen LogP contribution in [0, 0.1) is 5.92 Å². The van der Waals surface area contributed by atoms with E-state index in [1.807, 2.05) is 0 Å². The van der Waals surface area contributed by atoms with Gasteiger partial charge in [0.1, 0.15) is 0 Å². The van der Waals surface area contributed by atoms with Gasteiger partial charge in [-0.3, -0.25) is 4.18 Å². The molecule has 0 fully saturated rings. The summed E-state index contributed by atoms with van der Waals surface area (Å²) in [7, 11) is -4.56. The van der Waals surface area contributed by atoms with Crippen molar-refractivity contribution in [2.75, 3.05) is 6.61 Å². The van der Waals surface area contributed by atoms with Crippen LogP contribution in [-0.2, 0) is 14.6 Å². The molecule has 1 unspecified atom stereocenters. The second-order valence-electron chi connectivity index (χ2n) is 8.44. The molecule has 0 aromatic rings. The summed E-state index contributed by atoms with van der Waals surface area (Å²) < 4.78 is 36.8. The molecule has 0 bridgehead atoms. The fraction of sp³-hybridized carbons (Fsp3) is 1.00. The maximum Gasteiger partial charge on any atom is 1.00 e. The second-order valence-corrected chi connectivity index (χ2v) is 9.49. The molecule has 0 saturated carbocycles. The Kier molecular flexibility index (Phi) is 27.2. The van der Waals surface area contributed by atoms with Gasteiger partial charge in [0.05, 0.1) is 6.61 Å². The molecule has 0 amide bonds. The monoisotopic (exact) mass is 458 g/mol. The molecule has 29 heavy (non-hydrogen) atoms. The normalized spacial score (nSPS) is 12.7. The van der Waals surface area contributed by atoms with Gasteiger partial charge >= 0.3 is 51.4 Å². The van der Waals surface area contributed by atoms with E-state index in [4.69, 9.17) is 0 Å². The van der Waals surface area contributed by atoms with Crippen LogP contribution in [0.2, 0.25) is 0 Å². The summed E-state index contributed by atoms with van der Waals surface area (Å²) in [6.45, 7) is 4.52. The third kappa shape index (κ3) is 27.5. The Morgan fingerprint density at radius 2 is 0.931 bits per heavy atom. The number of hydrogen-bond acceptors (Lipinski definition) is 4. The van der Waals surface area contributed by atoms with Crippen LogP contribution in [-0.4, -0.2) is 19.6 Å². The van der Waals surface area contributed by atoms with E-state index in [-0.39, 0.29) is 63.9 Å². The molecule has 6 heteroatoms. The van der Waals surface area contributed by atoms with Crippen molar-refractivity contribution in [2.45, 2.75) is 136 Å². The second kappa shape index (κ2) is 24.2. The average Bonchev–Trinajstić information content (AvgIpc) is 2.65. The van der Waals surface area contributed by atoms with Crippen LogP contribution in [0.25, 0.3) is 0 Å². The molecule has 170 valence electrons. The first-order valence-electron chi connectivity index (χ1n) is 12.1. The van der Waals surface area contributed by atoms with Crippen molar-refractivity contribution < 1.29 is 68.5 Å². The number of rotatable bonds is 22. The van der Waals surface area contributed by atoms with Crippen molar-refractivity contribution >= 4 is 10.4 Å². The van der Waals surface area contributed by atoms with Crippen LogP contribution in [0.5, 0.6) is 0 Å². The summed E-state index contributed by atoms with van der Waals surface area (Å²) in [6, 6.07) is 0. The van der Waals surface area contributed by atoms with E-state index in [2.05, 4.69) is 18.0 Å². The van der Waals surface area contributed by atoms with E-state index in [1.165, 1.54) is 96.3 Å². The minimum absolute atomic E-state index is 0. The van der Waals surface area contributed by atoms with Gasteiger partial charge in [-0.1, -0.05) is 123 Å². The Labute approximate surface area is 225 Å². The van der Waals surface area contributed by atoms with Gasteiger partial charge in [0.15, 0.2) is 0 Å². The molecule has 0 aromatic carbocycles. The zero-order chi connectivity index (χ0) is 20.9. The first-order chi connectivity index (χ1) is 13.5. The third-order valence-electron chi connectivity index (χ3n) is 5.63. The minimum Gasteiger partial charge on any atom is -0.726 e. The zero-order valence-electron chi connectivity index (χ0n) is 19.8. The van der Waals surface area contributed by atoms with Crippen molar-refractivity contribution in [3.63, 3.8) is 0 Å². The maximum absolute atomic E-state index is 10.7. The molecule has 4 nitrogen and oxygen atoms in total. The first kappa shape index (κ1) is 32.7. The third-order valence-corrected chi connectivity index (χ3v) is 6.05. The van der Waals surface area contributed by atoms with E-state index in [9.17, 15) is 13.0 Å². The van der Waals surface area contributed by atoms with Crippen LogP contribution in [0.4, 0.5) is 0 Å². The summed E-state index contributed by atoms with van der Waals surface area (Å²) >= 11 is 0. The summed E-state index contributed by atoms with van der Waals surface area (Å²) in [5.41, 5.74) is 0. The van der Waals surface area contributed by atoms with Gasteiger partial charge < -0.3 is 4.55 Å². The van der Waals surface area contributed by atoms with Crippen molar-refractivity contribution in [3.8, 4) is 0 Å². The molecule has 0 heterocycles. The molecule has 0 saturated heterocycles. The first-order valence-corrected chi connectivity index (χ1v) is 13.4. The predicted molar refractivity (Wildman–Crippen MR) is 118 cm³/mol. The van der Waals surface area contributed by atoms with Gasteiger partial charge in [0, 0.05) is 0 Å². The van der Waals surface area contributed by atoms with E-state index >= 15 is 0 Å². The van der Waals surface area contributed by atoms with Crippen molar-refractivity contribution in [3.05, 3.63) is 0 Å². The Balaban J connectivity index is 0. The molecule has 0 aliphatic rings. The molecule has 0 aliphatic heterocycles. The fourth-order valence-corrected chi connectivity index (χ4v) is 4.16. The summed E-state index contributed by atoms with van der Waals surface area (Å²) in [4.78, 5) is 0. The SMILES string of the molecule is CCCCCCCCCCCCCCC(CCCCCCC)COS(=O)(=O)[O-].[K+]. The molecule has 0 spiro atoms. The van der Waals surface area contributed by atoms with E-state index in [0.29, 0.717) is 0 Å². The molecular formula is C23H47KO4S. The predicted octanol–water partition coefficient (Wildman–Crippen LogP) is 4.54. The van der Waals surface area contributed by atoms with E-state index in [0.717, 1.165) is 25.7 Å². The Morgan fingerprint density at radius 3 is 1.24 bits per heavy atom. The van der Waals surface area contributed by atoms with Gasteiger partial charge in [-0.05, 0) is 18.8 Å². The molecule has 0 rings (SSSR count). The maximum atomic E-state index is 10.7. The van der Waals surface area contributed by atoms with Crippen molar-refractivity contribution in [2.24, 2.45) is 5.92 Å². The largest absolute Gasteiger partial charge is 1.00 e.